The molecule has 0 aliphatic heterocycles. The van der Waals surface area contributed by atoms with Gasteiger partial charge in [-0.3, -0.25) is 4.72 Å². The van der Waals surface area contributed by atoms with Crippen LogP contribution in [0.2, 0.25) is 0 Å². The summed E-state index contributed by atoms with van der Waals surface area (Å²) in [5.74, 6) is -0.268. The van der Waals surface area contributed by atoms with Gasteiger partial charge in [-0.2, -0.15) is 0 Å². The topological polar surface area (TPSA) is 72.5 Å². The summed E-state index contributed by atoms with van der Waals surface area (Å²) >= 11 is 0. The lowest BCUT2D eigenvalue weighted by atomic mass is 10.3. The Kier molecular flexibility index (Phi) is 4.39. The molecule has 0 saturated carbocycles. The monoisotopic (exact) mass is 303 g/mol. The minimum absolute atomic E-state index is 0.173. The third-order valence-corrected chi connectivity index (χ3v) is 3.94. The molecule has 0 saturated heterocycles. The summed E-state index contributed by atoms with van der Waals surface area (Å²) in [5, 5.41) is 0. The molecule has 0 aromatic heterocycles. The van der Waals surface area contributed by atoms with E-state index >= 15 is 0 Å². The Balaban J connectivity index is 2.13. The molecule has 0 unspecified atom stereocenters. The lowest BCUT2D eigenvalue weighted by Crippen LogP contribution is -2.12. The van der Waals surface area contributed by atoms with Crippen molar-refractivity contribution in [3.63, 3.8) is 0 Å². The maximum atomic E-state index is 12.1. The normalized spacial score (nSPS) is 10.7. The first kappa shape index (κ1) is 14.8. The minimum Gasteiger partial charge on any atom is -0.423 e. The van der Waals surface area contributed by atoms with Crippen LogP contribution in [0.4, 0.5) is 5.69 Å². The molecule has 2 aromatic rings. The van der Waals surface area contributed by atoms with E-state index in [1.807, 2.05) is 0 Å². The molecular weight excluding hydrogens is 290 g/mol. The Labute approximate surface area is 122 Å². The molecule has 0 spiro atoms. The highest BCUT2D eigenvalue weighted by atomic mass is 32.2. The van der Waals surface area contributed by atoms with Gasteiger partial charge in [0.1, 0.15) is 5.75 Å². The van der Waals surface area contributed by atoms with Gasteiger partial charge in [0, 0.05) is 11.8 Å². The van der Waals surface area contributed by atoms with Gasteiger partial charge in [-0.15, -0.1) is 0 Å². The number of carbonyl (C=O) groups excluding carboxylic acids is 1. The van der Waals surface area contributed by atoms with Gasteiger partial charge in [0.2, 0.25) is 0 Å². The van der Waals surface area contributed by atoms with Crippen LogP contribution < -0.4 is 9.46 Å². The fourth-order valence-corrected chi connectivity index (χ4v) is 2.64. The van der Waals surface area contributed by atoms with Gasteiger partial charge in [-0.05, 0) is 36.4 Å². The number of hydrogen-bond acceptors (Lipinski definition) is 4. The predicted molar refractivity (Wildman–Crippen MR) is 79.5 cm³/mol. The van der Waals surface area contributed by atoms with Crippen molar-refractivity contribution >= 4 is 21.7 Å². The average Bonchev–Trinajstić information content (AvgIpc) is 2.50. The molecule has 0 aliphatic carbocycles. The van der Waals surface area contributed by atoms with E-state index in [2.05, 4.69) is 11.3 Å². The second-order valence-electron chi connectivity index (χ2n) is 4.07. The number of benzene rings is 2. The van der Waals surface area contributed by atoms with Crippen LogP contribution in [0.1, 0.15) is 0 Å². The number of hydrogen-bond donors (Lipinski definition) is 1. The van der Waals surface area contributed by atoms with E-state index < -0.39 is 16.0 Å². The minimum atomic E-state index is -3.63. The zero-order valence-electron chi connectivity index (χ0n) is 11.0. The Morgan fingerprint density at radius 1 is 1.05 bits per heavy atom. The van der Waals surface area contributed by atoms with Crippen molar-refractivity contribution in [2.45, 2.75) is 4.90 Å². The molecule has 0 atom stereocenters. The van der Waals surface area contributed by atoms with E-state index in [-0.39, 0.29) is 4.90 Å². The Morgan fingerprint density at radius 3 is 2.24 bits per heavy atom. The molecule has 1 N–H and O–H groups in total. The molecular formula is C15H13NO4S. The summed E-state index contributed by atoms with van der Waals surface area (Å²) in [4.78, 5) is 11.2. The SMILES string of the molecule is C=CC(=O)Oc1ccc(NS(=O)(=O)c2ccccc2)cc1. The first-order valence-electron chi connectivity index (χ1n) is 6.03. The molecule has 0 aliphatic rings. The van der Waals surface area contributed by atoms with E-state index in [9.17, 15) is 13.2 Å². The lowest BCUT2D eigenvalue weighted by molar-refractivity contribution is -0.128. The Hall–Kier alpha value is -2.60. The van der Waals surface area contributed by atoms with Gasteiger partial charge in [-0.1, -0.05) is 24.8 Å². The van der Waals surface area contributed by atoms with Gasteiger partial charge in [0.15, 0.2) is 0 Å². The second kappa shape index (κ2) is 6.23. The number of sulfonamides is 1. The van der Waals surface area contributed by atoms with Crippen molar-refractivity contribution in [2.24, 2.45) is 0 Å². The zero-order chi connectivity index (χ0) is 15.3. The number of rotatable bonds is 5. The molecule has 0 radical (unpaired) electrons. The number of carbonyl (C=O) groups is 1. The molecule has 0 heterocycles. The van der Waals surface area contributed by atoms with Crippen molar-refractivity contribution < 1.29 is 17.9 Å². The van der Waals surface area contributed by atoms with E-state index in [0.29, 0.717) is 11.4 Å². The molecule has 2 rings (SSSR count). The third-order valence-electron chi connectivity index (χ3n) is 2.55. The van der Waals surface area contributed by atoms with Gasteiger partial charge in [0.25, 0.3) is 10.0 Å². The standard InChI is InChI=1S/C15H13NO4S/c1-2-15(17)20-13-10-8-12(9-11-13)16-21(18,19)14-6-4-3-5-7-14/h2-11,16H,1H2. The van der Waals surface area contributed by atoms with Crippen LogP contribution in [0.5, 0.6) is 5.75 Å². The van der Waals surface area contributed by atoms with Crippen molar-refractivity contribution in [2.75, 3.05) is 4.72 Å². The van der Waals surface area contributed by atoms with Gasteiger partial charge < -0.3 is 4.74 Å². The van der Waals surface area contributed by atoms with Crippen LogP contribution >= 0.6 is 0 Å². The molecule has 0 fully saturated rings. The number of ether oxygens (including phenoxy) is 1. The quantitative estimate of drug-likeness (QED) is 0.523. The Morgan fingerprint density at radius 2 is 1.67 bits per heavy atom. The molecule has 108 valence electrons. The van der Waals surface area contributed by atoms with E-state index in [1.54, 1.807) is 18.2 Å². The first-order valence-corrected chi connectivity index (χ1v) is 7.52. The van der Waals surface area contributed by atoms with Crippen LogP contribution in [0.25, 0.3) is 0 Å². The van der Waals surface area contributed by atoms with E-state index in [0.717, 1.165) is 6.08 Å². The lowest BCUT2D eigenvalue weighted by Gasteiger charge is -2.08. The molecule has 0 amide bonds. The maximum Gasteiger partial charge on any atom is 0.335 e. The summed E-state index contributed by atoms with van der Waals surface area (Å²) in [6.45, 7) is 3.29. The molecule has 0 bridgehead atoms. The number of anilines is 1. The highest BCUT2D eigenvalue weighted by Gasteiger charge is 2.13. The summed E-state index contributed by atoms with van der Waals surface area (Å²) in [6.07, 6.45) is 1.05. The highest BCUT2D eigenvalue weighted by molar-refractivity contribution is 7.92. The number of nitrogens with one attached hydrogen (secondary N) is 1. The van der Waals surface area contributed by atoms with Crippen LogP contribution in [-0.4, -0.2) is 14.4 Å². The summed E-state index contributed by atoms with van der Waals surface area (Å²) < 4.78 is 31.5. The van der Waals surface area contributed by atoms with Crippen LogP contribution in [0.3, 0.4) is 0 Å². The van der Waals surface area contributed by atoms with Gasteiger partial charge in [-0.25, -0.2) is 13.2 Å². The van der Waals surface area contributed by atoms with Gasteiger partial charge >= 0.3 is 5.97 Å². The fraction of sp³-hybridized carbons (Fsp3) is 0. The largest absolute Gasteiger partial charge is 0.423 e. The second-order valence-corrected chi connectivity index (χ2v) is 5.75. The molecule has 2 aromatic carbocycles. The maximum absolute atomic E-state index is 12.1. The highest BCUT2D eigenvalue weighted by Crippen LogP contribution is 2.19. The van der Waals surface area contributed by atoms with Crippen molar-refractivity contribution in [1.29, 1.82) is 0 Å². The zero-order valence-corrected chi connectivity index (χ0v) is 11.8. The molecule has 5 nitrogen and oxygen atoms in total. The summed E-state index contributed by atoms with van der Waals surface area (Å²) in [7, 11) is -3.63. The average molecular weight is 303 g/mol. The molecule has 6 heteroatoms. The number of esters is 1. The van der Waals surface area contributed by atoms with Crippen LogP contribution in [0.15, 0.2) is 72.1 Å². The third kappa shape index (κ3) is 3.93. The van der Waals surface area contributed by atoms with Crippen molar-refractivity contribution in [3.8, 4) is 5.75 Å². The molecule has 21 heavy (non-hydrogen) atoms. The van der Waals surface area contributed by atoms with E-state index in [4.69, 9.17) is 4.74 Å². The predicted octanol–water partition coefficient (Wildman–Crippen LogP) is 2.58. The fourth-order valence-electron chi connectivity index (χ4n) is 1.56. The first-order chi connectivity index (χ1) is 10.0. The van der Waals surface area contributed by atoms with Crippen molar-refractivity contribution in [1.82, 2.24) is 0 Å². The van der Waals surface area contributed by atoms with Crippen molar-refractivity contribution in [3.05, 3.63) is 67.3 Å². The summed E-state index contributed by atoms with van der Waals surface area (Å²) in [5.41, 5.74) is 0.372. The van der Waals surface area contributed by atoms with E-state index in [1.165, 1.54) is 36.4 Å². The Bertz CT molecular complexity index is 737. The van der Waals surface area contributed by atoms with Gasteiger partial charge in [0.05, 0.1) is 4.90 Å². The summed E-state index contributed by atoms with van der Waals surface area (Å²) in [6, 6.07) is 14.0. The van der Waals surface area contributed by atoms with Crippen LogP contribution in [0, 0.1) is 0 Å². The van der Waals surface area contributed by atoms with Crippen LogP contribution in [-0.2, 0) is 14.8 Å². The smallest absolute Gasteiger partial charge is 0.335 e.